The van der Waals surface area contributed by atoms with Gasteiger partial charge in [0.2, 0.25) is 5.71 Å². The predicted molar refractivity (Wildman–Crippen MR) is 337 cm³/mol. The van der Waals surface area contributed by atoms with Gasteiger partial charge in [0.05, 0.1) is 5.58 Å². The molecule has 0 radical (unpaired) electrons. The third kappa shape index (κ3) is 9.46. The summed E-state index contributed by atoms with van der Waals surface area (Å²) in [6.07, 6.45) is 18.1. The van der Waals surface area contributed by atoms with Gasteiger partial charge in [0.25, 0.3) is 0 Å². The van der Waals surface area contributed by atoms with Gasteiger partial charge in [0, 0.05) is 72.0 Å². The molecule has 0 bridgehead atoms. The second kappa shape index (κ2) is 21.7. The van der Waals surface area contributed by atoms with Crippen LogP contribution in [-0.4, -0.2) is 29.9 Å². The first kappa shape index (κ1) is 50.7. The minimum Gasteiger partial charge on any atom is -0.486 e. The zero-order chi connectivity index (χ0) is 60.0. The van der Waals surface area contributed by atoms with Crippen molar-refractivity contribution < 1.29 is 37.5 Å². The van der Waals surface area contributed by atoms with Gasteiger partial charge in [-0.3, -0.25) is 0 Å². The summed E-state index contributed by atoms with van der Waals surface area (Å²) in [7, 11) is 0. The van der Waals surface area contributed by atoms with Crippen LogP contribution in [-0.2, 0) is 43.8 Å². The molecule has 0 unspecified atom stereocenters. The van der Waals surface area contributed by atoms with Crippen molar-refractivity contribution in [3.63, 3.8) is 0 Å². The van der Waals surface area contributed by atoms with Crippen LogP contribution in [0.3, 0.4) is 0 Å². The molecular weight excluding hydrogens is 1260 g/mol. The fourth-order valence-corrected chi connectivity index (χ4v) is 14.1. The third-order valence-electron chi connectivity index (χ3n) is 18.3. The smallest absolute Gasteiger partial charge is 0.486 e. The Bertz CT molecular complexity index is 5110. The van der Waals surface area contributed by atoms with Crippen LogP contribution in [0.25, 0.3) is 122 Å². The zero-order valence-electron chi connectivity index (χ0n) is 49.9. The maximum atomic E-state index is 13.8. The van der Waals surface area contributed by atoms with Crippen LogP contribution in [0.4, 0.5) is 0 Å². The summed E-state index contributed by atoms with van der Waals surface area (Å²) in [6.45, 7) is -2.41. The Morgan fingerprint density at radius 2 is 1.07 bits per heavy atom. The number of aryl methyl sites for hydroxylation is 1. The van der Waals surface area contributed by atoms with E-state index < -0.39 is 18.1 Å². The van der Waals surface area contributed by atoms with Crippen LogP contribution < -0.4 is 11.3 Å². The van der Waals surface area contributed by atoms with Gasteiger partial charge in [-0.25, -0.2) is 14.6 Å². The van der Waals surface area contributed by atoms with E-state index in [0.29, 0.717) is 67.6 Å². The SMILES string of the molecule is [2H]C([2H])([2H])c1ccc2c(n1)oc1c(-c3cc(-c4ccc(-c5ccccc5)cc4)c(-c4ccccc4-c4cc(CC5(c6cnc7c(c6)c(=O)oc6ncc[c-]c67)CCCC5)cc(CC5(c6cnc7c(c6)c(=O)oc6ncc[c-]c67)CCCC5)c4)cn3)[c-]ccc12.[Ir+3]. The number of rotatable bonds is 11. The van der Waals surface area contributed by atoms with E-state index in [2.05, 4.69) is 118 Å². The minimum atomic E-state index is -2.41. The van der Waals surface area contributed by atoms with Gasteiger partial charge in [-0.05, 0) is 137 Å². The average Bonchev–Trinajstić information content (AvgIpc) is 1.25. The molecule has 2 saturated carbocycles. The summed E-state index contributed by atoms with van der Waals surface area (Å²) in [6, 6.07) is 60.9. The number of hydrogen-bond acceptors (Lipinski definition) is 11. The Hall–Kier alpha value is -9.61. The maximum absolute atomic E-state index is 13.8. The zero-order valence-corrected chi connectivity index (χ0v) is 49.3. The van der Waals surface area contributed by atoms with Crippen molar-refractivity contribution in [3.05, 3.63) is 250 Å². The van der Waals surface area contributed by atoms with Gasteiger partial charge in [-0.1, -0.05) is 163 Å². The molecule has 16 rings (SSSR count). The van der Waals surface area contributed by atoms with Gasteiger partial charge in [0.15, 0.2) is 0 Å². The molecule has 9 aromatic heterocycles. The predicted octanol–water partition coefficient (Wildman–Crippen LogP) is 16.6. The van der Waals surface area contributed by atoms with Crippen molar-refractivity contribution in [1.82, 2.24) is 29.9 Å². The van der Waals surface area contributed by atoms with E-state index in [0.717, 1.165) is 124 Å². The summed E-state index contributed by atoms with van der Waals surface area (Å²) in [5.41, 5.74) is 14.1. The molecule has 0 amide bonds. The summed E-state index contributed by atoms with van der Waals surface area (Å²) in [4.78, 5) is 55.8. The molecule has 2 aliphatic rings. The van der Waals surface area contributed by atoms with E-state index in [9.17, 15) is 9.59 Å². The van der Waals surface area contributed by atoms with Gasteiger partial charge in [0.1, 0.15) is 11.4 Å². The topological polar surface area (TPSA) is 151 Å². The van der Waals surface area contributed by atoms with Crippen LogP contribution in [0.2, 0.25) is 0 Å². The molecule has 9 heterocycles. The largest absolute Gasteiger partial charge is 3.00 e. The second-order valence-corrected chi connectivity index (χ2v) is 23.3. The average molecular weight is 1310 g/mol. The minimum absolute atomic E-state index is 0. The third-order valence-corrected chi connectivity index (χ3v) is 18.3. The van der Waals surface area contributed by atoms with Crippen molar-refractivity contribution in [3.8, 4) is 55.8 Å². The van der Waals surface area contributed by atoms with Crippen LogP contribution in [0.15, 0.2) is 205 Å². The molecule has 2 fully saturated rings. The standard InChI is InChI=1S/C75H53N6O5.Ir/c1-45-22-27-57-56-18-11-19-58(68(56)84-71(57)81-45)65-39-61(50-25-23-49(24-26-50)48-14-3-2-4-15-48)64(44-78-65)55-17-6-5-16-54(55)51-35-46(40-74(28-7-8-29-74)52-37-62-66(79-42-52)59-20-12-32-76-69(59)85-72(62)82)34-47(36-51)41-75(30-9-10-31-75)53-38-63-67(80-43-53)60-21-13-33-77-70(60)86-73(63)83;/h2-6,11-18,22-27,32-39,42-44H,7-10,28-31,40-41H2,1H3;/q-3;+3/i1D3;. The number of fused-ring (bicyclic) bond motifs is 9. The Morgan fingerprint density at radius 3 is 1.69 bits per heavy atom. The van der Waals surface area contributed by atoms with Crippen LogP contribution in [0.1, 0.15) is 83.4 Å². The fourth-order valence-electron chi connectivity index (χ4n) is 14.1. The molecule has 2 aliphatic carbocycles. The molecular formula is C75H53IrN6O5. The van der Waals surface area contributed by atoms with E-state index >= 15 is 0 Å². The molecule has 14 aromatic rings. The van der Waals surface area contributed by atoms with Crippen molar-refractivity contribution in [2.75, 3.05) is 0 Å². The second-order valence-electron chi connectivity index (χ2n) is 23.3. The number of furan rings is 1. The molecule has 12 heteroatoms. The maximum Gasteiger partial charge on any atom is 3.00 e. The van der Waals surface area contributed by atoms with Gasteiger partial charge in [-0.15, -0.1) is 42.5 Å². The summed E-state index contributed by atoms with van der Waals surface area (Å²) in [5, 5.41) is 3.44. The van der Waals surface area contributed by atoms with E-state index in [-0.39, 0.29) is 53.8 Å². The fraction of sp³-hybridized carbons (Fsp3) is 0.173. The first-order chi connectivity index (χ1) is 43.4. The molecule has 11 nitrogen and oxygen atoms in total. The first-order valence-electron chi connectivity index (χ1n) is 30.8. The Kier molecular flexibility index (Phi) is 12.7. The number of benzene rings is 5. The van der Waals surface area contributed by atoms with Gasteiger partial charge < -0.3 is 38.2 Å². The van der Waals surface area contributed by atoms with Crippen LogP contribution in [0, 0.1) is 25.1 Å². The Morgan fingerprint density at radius 1 is 0.483 bits per heavy atom. The molecule has 0 saturated heterocycles. The van der Waals surface area contributed by atoms with Crippen molar-refractivity contribution in [1.29, 1.82) is 0 Å². The van der Waals surface area contributed by atoms with Crippen LogP contribution >= 0.6 is 0 Å². The number of aromatic nitrogens is 6. The number of hydrogen-bond donors (Lipinski definition) is 0. The molecule has 0 aliphatic heterocycles. The van der Waals surface area contributed by atoms with Crippen molar-refractivity contribution in [2.45, 2.75) is 81.9 Å². The molecule has 5 aromatic carbocycles. The Labute approximate surface area is 517 Å². The molecule has 87 heavy (non-hydrogen) atoms. The van der Waals surface area contributed by atoms with E-state index in [4.69, 9.17) is 32.3 Å². The van der Waals surface area contributed by atoms with E-state index in [1.807, 2.05) is 61.1 Å². The van der Waals surface area contributed by atoms with Gasteiger partial charge in [-0.2, -0.15) is 0 Å². The summed E-state index contributed by atoms with van der Waals surface area (Å²) in [5.74, 6) is 0. The monoisotopic (exact) mass is 1310 g/mol. The molecule has 422 valence electrons. The normalized spacial score (nSPS) is 15.3. The van der Waals surface area contributed by atoms with Crippen molar-refractivity contribution in [2.24, 2.45) is 0 Å². The number of pyridine rings is 6. The summed E-state index contributed by atoms with van der Waals surface area (Å²) < 4.78 is 42.2. The Balaban J connectivity index is 0.00000676. The van der Waals surface area contributed by atoms with Gasteiger partial charge >= 0.3 is 31.4 Å². The quantitative estimate of drug-likeness (QED) is 0.0899. The number of nitrogens with zero attached hydrogens (tertiary/aromatic N) is 6. The molecule has 0 N–H and O–H groups in total. The first-order valence-corrected chi connectivity index (χ1v) is 29.3. The summed E-state index contributed by atoms with van der Waals surface area (Å²) >= 11 is 0. The van der Waals surface area contributed by atoms with E-state index in [1.165, 1.54) is 6.07 Å². The molecule has 0 spiro atoms. The van der Waals surface area contributed by atoms with Crippen LogP contribution in [0.5, 0.6) is 0 Å². The van der Waals surface area contributed by atoms with E-state index in [1.54, 1.807) is 30.6 Å². The van der Waals surface area contributed by atoms with Crippen molar-refractivity contribution >= 4 is 66.1 Å². The molecule has 0 atom stereocenters.